The molecule has 0 saturated heterocycles. The van der Waals surface area contributed by atoms with E-state index in [0.717, 1.165) is 4.90 Å². The van der Waals surface area contributed by atoms with Gasteiger partial charge in [-0.1, -0.05) is 12.1 Å². The van der Waals surface area contributed by atoms with Gasteiger partial charge in [0.05, 0.1) is 22.7 Å². The maximum atomic E-state index is 12.2. The third-order valence-corrected chi connectivity index (χ3v) is 3.94. The van der Waals surface area contributed by atoms with Gasteiger partial charge in [-0.15, -0.1) is 11.6 Å². The molecular formula is C14H14Cl2N4O3. The number of aliphatic hydroxyl groups is 1. The van der Waals surface area contributed by atoms with Gasteiger partial charge >= 0.3 is 5.95 Å². The van der Waals surface area contributed by atoms with Crippen molar-refractivity contribution in [1.29, 1.82) is 0 Å². The second-order valence-electron chi connectivity index (χ2n) is 5.01. The van der Waals surface area contributed by atoms with E-state index >= 15 is 0 Å². The number of anilines is 1. The van der Waals surface area contributed by atoms with Crippen molar-refractivity contribution >= 4 is 29.4 Å². The quantitative estimate of drug-likeness (QED) is 0.410. The number of nitrogens with one attached hydrogen (secondary N) is 2. The first-order valence-corrected chi connectivity index (χ1v) is 7.06. The Hall–Kier alpha value is -2.09. The van der Waals surface area contributed by atoms with E-state index in [4.69, 9.17) is 17.3 Å². The molecule has 2 atom stereocenters. The minimum Gasteiger partial charge on any atom is -1.00 e. The van der Waals surface area contributed by atoms with Crippen LogP contribution in [0.1, 0.15) is 32.5 Å². The summed E-state index contributed by atoms with van der Waals surface area (Å²) in [5.41, 5.74) is 6.58. The van der Waals surface area contributed by atoms with Crippen LogP contribution in [0.25, 0.3) is 0 Å². The van der Waals surface area contributed by atoms with Gasteiger partial charge in [0.2, 0.25) is 0 Å². The first kappa shape index (κ1) is 17.3. The van der Waals surface area contributed by atoms with E-state index in [1.807, 2.05) is 0 Å². The van der Waals surface area contributed by atoms with Gasteiger partial charge in [-0.2, -0.15) is 0 Å². The number of aromatic nitrogens is 2. The summed E-state index contributed by atoms with van der Waals surface area (Å²) >= 11 is 6.16. The van der Waals surface area contributed by atoms with Crippen LogP contribution >= 0.6 is 11.6 Å². The van der Waals surface area contributed by atoms with Crippen LogP contribution in [-0.2, 0) is 0 Å². The lowest BCUT2D eigenvalue weighted by molar-refractivity contribution is -0.358. The number of nitrogens with zero attached hydrogens (tertiary/aromatic N) is 1. The fourth-order valence-corrected chi connectivity index (χ4v) is 2.69. The van der Waals surface area contributed by atoms with E-state index in [2.05, 4.69) is 9.97 Å². The molecule has 5 N–H and O–H groups in total. The molecule has 3 rings (SSSR count). The van der Waals surface area contributed by atoms with Gasteiger partial charge < -0.3 is 17.5 Å². The van der Waals surface area contributed by atoms with Gasteiger partial charge in [-0.25, -0.2) is 9.97 Å². The number of hydrogen-bond acceptors (Lipinski definition) is 4. The number of alkyl halides is 1. The van der Waals surface area contributed by atoms with Gasteiger partial charge in [0.25, 0.3) is 11.8 Å². The number of hydrogen-bond donors (Lipinski definition) is 3. The molecule has 2 aromatic rings. The Morgan fingerprint density at radius 3 is 2.30 bits per heavy atom. The van der Waals surface area contributed by atoms with Crippen molar-refractivity contribution in [2.75, 3.05) is 12.3 Å². The fraction of sp³-hybridized carbons (Fsp3) is 0.214. The van der Waals surface area contributed by atoms with Crippen molar-refractivity contribution in [3.63, 3.8) is 0 Å². The molecule has 7 nitrogen and oxygen atoms in total. The smallest absolute Gasteiger partial charge is 0.350 e. The Kier molecular flexibility index (Phi) is 4.93. The average molecular weight is 357 g/mol. The number of imidazole rings is 1. The standard InChI is InChI=1S/C14H13ClN4O3.ClH/c15-9(11(20)10-5-17-14(16)18-10)6-19-12(21)7-3-1-2-4-8(7)13(19)22;/h1-5,9,11,20H,6H2,(H3,16,17,18);1H/t9-,11+;/m0./s1. The highest BCUT2D eigenvalue weighted by Gasteiger charge is 2.37. The highest BCUT2D eigenvalue weighted by molar-refractivity contribution is 6.24. The summed E-state index contributed by atoms with van der Waals surface area (Å²) in [5.74, 6) is -0.536. The molecular weight excluding hydrogens is 343 g/mol. The van der Waals surface area contributed by atoms with Crippen LogP contribution in [-0.4, -0.2) is 38.7 Å². The van der Waals surface area contributed by atoms with E-state index in [0.29, 0.717) is 16.8 Å². The number of aromatic amines is 2. The topological polar surface area (TPSA) is 114 Å². The molecule has 2 heterocycles. The molecule has 122 valence electrons. The second-order valence-corrected chi connectivity index (χ2v) is 5.57. The van der Waals surface area contributed by atoms with Crippen LogP contribution in [0.5, 0.6) is 0 Å². The summed E-state index contributed by atoms with van der Waals surface area (Å²) < 4.78 is 0. The molecule has 23 heavy (non-hydrogen) atoms. The molecule has 1 aromatic carbocycles. The zero-order valence-electron chi connectivity index (χ0n) is 11.8. The Bertz CT molecular complexity index is 714. The number of H-pyrrole nitrogens is 2. The van der Waals surface area contributed by atoms with Gasteiger partial charge in [0.1, 0.15) is 11.8 Å². The van der Waals surface area contributed by atoms with Crippen molar-refractivity contribution in [3.05, 3.63) is 47.3 Å². The summed E-state index contributed by atoms with van der Waals surface area (Å²) in [6.07, 6.45) is 0.386. The zero-order valence-corrected chi connectivity index (χ0v) is 13.3. The number of rotatable bonds is 4. The summed E-state index contributed by atoms with van der Waals surface area (Å²) in [5, 5.41) is 9.30. The Morgan fingerprint density at radius 1 is 1.26 bits per heavy atom. The Morgan fingerprint density at radius 2 is 1.83 bits per heavy atom. The highest BCUT2D eigenvalue weighted by atomic mass is 35.5. The van der Waals surface area contributed by atoms with E-state index < -0.39 is 23.3 Å². The summed E-state index contributed by atoms with van der Waals surface area (Å²) in [6, 6.07) is 6.57. The monoisotopic (exact) mass is 356 g/mol. The average Bonchev–Trinajstić information content (AvgIpc) is 3.05. The molecule has 1 aliphatic heterocycles. The molecule has 1 aliphatic rings. The van der Waals surface area contributed by atoms with Gasteiger partial charge in [0, 0.05) is 6.54 Å². The number of benzene rings is 1. The molecule has 0 spiro atoms. The van der Waals surface area contributed by atoms with E-state index in [9.17, 15) is 14.7 Å². The van der Waals surface area contributed by atoms with Crippen LogP contribution in [0.3, 0.4) is 0 Å². The lowest BCUT2D eigenvalue weighted by atomic mass is 10.1. The van der Waals surface area contributed by atoms with Crippen LogP contribution < -0.4 is 23.1 Å². The molecule has 0 bridgehead atoms. The number of halogens is 2. The Balaban J connectivity index is 0.00000192. The van der Waals surface area contributed by atoms with E-state index in [1.165, 1.54) is 6.20 Å². The molecule has 0 unspecified atom stereocenters. The summed E-state index contributed by atoms with van der Waals surface area (Å²) in [4.78, 5) is 30.9. The third kappa shape index (κ3) is 3.03. The normalized spacial score (nSPS) is 16.0. The number of imide groups is 1. The van der Waals surface area contributed by atoms with E-state index in [1.54, 1.807) is 24.3 Å². The largest absolute Gasteiger partial charge is 1.00 e. The summed E-state index contributed by atoms with van der Waals surface area (Å²) in [7, 11) is 0. The number of nitrogen functional groups attached to an aromatic ring is 1. The van der Waals surface area contributed by atoms with Gasteiger partial charge in [0.15, 0.2) is 0 Å². The molecule has 2 amide bonds. The summed E-state index contributed by atoms with van der Waals surface area (Å²) in [6.45, 7) is -0.103. The van der Waals surface area contributed by atoms with Crippen molar-refractivity contribution < 1.29 is 32.1 Å². The first-order valence-electron chi connectivity index (χ1n) is 6.62. The van der Waals surface area contributed by atoms with Crippen LogP contribution in [0.2, 0.25) is 0 Å². The molecule has 0 radical (unpaired) electrons. The zero-order chi connectivity index (χ0) is 15.9. The molecule has 0 saturated carbocycles. The molecule has 0 aliphatic carbocycles. The van der Waals surface area contributed by atoms with E-state index in [-0.39, 0.29) is 24.9 Å². The minimum absolute atomic E-state index is 0. The Labute approximate surface area is 142 Å². The number of aliphatic hydroxyl groups excluding tert-OH is 1. The van der Waals surface area contributed by atoms with Gasteiger partial charge in [-0.05, 0) is 12.1 Å². The van der Waals surface area contributed by atoms with Crippen LogP contribution in [0.15, 0.2) is 30.5 Å². The SMILES string of the molecule is Nc1[nH]c([C@H](O)[C@@H](Cl)CN2C(=O)c3ccccc3C2=O)c[nH+]1.[Cl-]. The predicted octanol–water partition coefficient (Wildman–Crippen LogP) is -2.65. The second kappa shape index (κ2) is 6.57. The fourth-order valence-electron chi connectivity index (χ4n) is 2.42. The molecule has 1 aromatic heterocycles. The van der Waals surface area contributed by atoms with Crippen molar-refractivity contribution in [2.24, 2.45) is 0 Å². The van der Waals surface area contributed by atoms with Crippen molar-refractivity contribution in [2.45, 2.75) is 11.5 Å². The third-order valence-electron chi connectivity index (χ3n) is 3.56. The number of amides is 2. The highest BCUT2D eigenvalue weighted by Crippen LogP contribution is 2.26. The van der Waals surface area contributed by atoms with Crippen molar-refractivity contribution in [3.8, 4) is 0 Å². The first-order chi connectivity index (χ1) is 10.5. The van der Waals surface area contributed by atoms with Crippen molar-refractivity contribution in [1.82, 2.24) is 9.88 Å². The maximum absolute atomic E-state index is 12.2. The molecule has 0 fully saturated rings. The lowest BCUT2D eigenvalue weighted by Gasteiger charge is -2.20. The predicted molar refractivity (Wildman–Crippen MR) is 78.2 cm³/mol. The molecule has 9 heteroatoms. The number of carbonyl (C=O) groups is 2. The van der Waals surface area contributed by atoms with Crippen LogP contribution in [0.4, 0.5) is 5.95 Å². The number of carbonyl (C=O) groups excluding carboxylic acids is 2. The maximum Gasteiger partial charge on any atom is 0.350 e. The van der Waals surface area contributed by atoms with Gasteiger partial charge in [-0.3, -0.25) is 20.2 Å². The lowest BCUT2D eigenvalue weighted by Crippen LogP contribution is -3.00. The number of nitrogens with two attached hydrogens (primary N) is 1. The minimum atomic E-state index is -1.10. The number of fused-ring (bicyclic) bond motifs is 1. The van der Waals surface area contributed by atoms with Crippen LogP contribution in [0, 0.1) is 0 Å².